The average molecular weight is 215 g/mol. The standard InChI is InChI=1S/C10H21N3O2/c1-9(2,3)15-8(14)10(4,11)7-12-5-6-13-7/h7,12-13H,5-6,11H2,1-4H3. The molecule has 0 aliphatic carbocycles. The maximum atomic E-state index is 11.8. The number of ether oxygens (including phenoxy) is 1. The zero-order chi connectivity index (χ0) is 11.7. The first-order valence-corrected chi connectivity index (χ1v) is 5.22. The number of esters is 1. The molecule has 5 heteroatoms. The Kier molecular flexibility index (Phi) is 3.38. The van der Waals surface area contributed by atoms with Crippen molar-refractivity contribution in [3.05, 3.63) is 0 Å². The first-order valence-electron chi connectivity index (χ1n) is 5.22. The minimum Gasteiger partial charge on any atom is -0.459 e. The van der Waals surface area contributed by atoms with E-state index in [0.717, 1.165) is 13.1 Å². The molecule has 0 aromatic carbocycles. The molecule has 0 amide bonds. The fraction of sp³-hybridized carbons (Fsp3) is 0.900. The van der Waals surface area contributed by atoms with Gasteiger partial charge in [-0.25, -0.2) is 4.79 Å². The quantitative estimate of drug-likeness (QED) is 0.545. The Morgan fingerprint density at radius 1 is 1.27 bits per heavy atom. The Balaban J connectivity index is 2.63. The van der Waals surface area contributed by atoms with E-state index in [1.165, 1.54) is 0 Å². The molecule has 0 bridgehead atoms. The molecule has 1 aliphatic heterocycles. The molecule has 0 radical (unpaired) electrons. The van der Waals surface area contributed by atoms with Crippen LogP contribution >= 0.6 is 0 Å². The summed E-state index contributed by atoms with van der Waals surface area (Å²) < 4.78 is 5.27. The Labute approximate surface area is 90.7 Å². The molecule has 4 N–H and O–H groups in total. The molecule has 15 heavy (non-hydrogen) atoms. The molecule has 0 saturated carbocycles. The summed E-state index contributed by atoms with van der Waals surface area (Å²) in [5.74, 6) is -0.387. The van der Waals surface area contributed by atoms with Crippen molar-refractivity contribution < 1.29 is 9.53 Å². The number of carbonyl (C=O) groups is 1. The molecule has 0 spiro atoms. The zero-order valence-corrected chi connectivity index (χ0v) is 9.89. The van der Waals surface area contributed by atoms with E-state index in [0.29, 0.717) is 0 Å². The van der Waals surface area contributed by atoms with Gasteiger partial charge < -0.3 is 10.5 Å². The largest absolute Gasteiger partial charge is 0.459 e. The highest BCUT2D eigenvalue weighted by Gasteiger charge is 2.41. The van der Waals surface area contributed by atoms with Crippen LogP contribution in [0.3, 0.4) is 0 Å². The topological polar surface area (TPSA) is 76.4 Å². The summed E-state index contributed by atoms with van der Waals surface area (Å²) >= 11 is 0. The lowest BCUT2D eigenvalue weighted by atomic mass is 10.00. The predicted octanol–water partition coefficient (Wildman–Crippen LogP) is -0.436. The van der Waals surface area contributed by atoms with Crippen LogP contribution in [0, 0.1) is 0 Å². The number of carbonyl (C=O) groups excluding carboxylic acids is 1. The number of nitrogens with one attached hydrogen (secondary N) is 2. The minimum absolute atomic E-state index is 0.215. The fourth-order valence-electron chi connectivity index (χ4n) is 1.44. The molecule has 5 nitrogen and oxygen atoms in total. The first kappa shape index (κ1) is 12.4. The van der Waals surface area contributed by atoms with Crippen LogP contribution in [0.1, 0.15) is 27.7 Å². The molecule has 0 aromatic rings. The van der Waals surface area contributed by atoms with Gasteiger partial charge in [0.1, 0.15) is 11.1 Å². The van der Waals surface area contributed by atoms with E-state index < -0.39 is 11.1 Å². The SMILES string of the molecule is CC(C)(C)OC(=O)C(C)(N)C1NCCN1. The van der Waals surface area contributed by atoms with E-state index in [2.05, 4.69) is 10.6 Å². The summed E-state index contributed by atoms with van der Waals surface area (Å²) in [5.41, 5.74) is 4.43. The second-order valence-electron chi connectivity index (χ2n) is 5.13. The van der Waals surface area contributed by atoms with E-state index >= 15 is 0 Å². The van der Waals surface area contributed by atoms with Crippen LogP contribution < -0.4 is 16.4 Å². The Morgan fingerprint density at radius 2 is 1.73 bits per heavy atom. The third-order valence-electron chi connectivity index (χ3n) is 2.26. The maximum Gasteiger partial charge on any atom is 0.329 e. The first-order chi connectivity index (χ1) is 6.73. The molecular weight excluding hydrogens is 194 g/mol. The van der Waals surface area contributed by atoms with Gasteiger partial charge in [-0.3, -0.25) is 10.6 Å². The van der Waals surface area contributed by atoms with Gasteiger partial charge in [0.15, 0.2) is 0 Å². The lowest BCUT2D eigenvalue weighted by Crippen LogP contribution is -2.63. The smallest absolute Gasteiger partial charge is 0.329 e. The molecule has 1 atom stereocenters. The lowest BCUT2D eigenvalue weighted by molar-refractivity contribution is -0.162. The zero-order valence-electron chi connectivity index (χ0n) is 9.89. The summed E-state index contributed by atoms with van der Waals surface area (Å²) in [6.07, 6.45) is -0.215. The normalized spacial score (nSPS) is 22.5. The summed E-state index contributed by atoms with van der Waals surface area (Å²) in [4.78, 5) is 11.8. The lowest BCUT2D eigenvalue weighted by Gasteiger charge is -2.32. The maximum absolute atomic E-state index is 11.8. The number of nitrogens with two attached hydrogens (primary N) is 1. The molecule has 1 aliphatic rings. The number of rotatable bonds is 2. The summed E-state index contributed by atoms with van der Waals surface area (Å²) in [5, 5.41) is 6.25. The monoisotopic (exact) mass is 215 g/mol. The van der Waals surface area contributed by atoms with Crippen LogP contribution in [-0.2, 0) is 9.53 Å². The van der Waals surface area contributed by atoms with Crippen molar-refractivity contribution in [3.63, 3.8) is 0 Å². The Hall–Kier alpha value is -0.650. The molecule has 1 heterocycles. The predicted molar refractivity (Wildman–Crippen MR) is 58.2 cm³/mol. The summed E-state index contributed by atoms with van der Waals surface area (Å²) in [7, 11) is 0. The van der Waals surface area contributed by atoms with Gasteiger partial charge in [0.2, 0.25) is 0 Å². The third kappa shape index (κ3) is 3.15. The highest BCUT2D eigenvalue weighted by atomic mass is 16.6. The van der Waals surface area contributed by atoms with E-state index in [4.69, 9.17) is 10.5 Å². The van der Waals surface area contributed by atoms with E-state index in [9.17, 15) is 4.79 Å². The fourth-order valence-corrected chi connectivity index (χ4v) is 1.44. The van der Waals surface area contributed by atoms with Crippen LogP contribution in [0.2, 0.25) is 0 Å². The van der Waals surface area contributed by atoms with Crippen molar-refractivity contribution >= 4 is 5.97 Å². The van der Waals surface area contributed by atoms with E-state index in [1.54, 1.807) is 6.92 Å². The molecule has 88 valence electrons. The van der Waals surface area contributed by atoms with Crippen molar-refractivity contribution in [1.29, 1.82) is 0 Å². The molecule has 1 saturated heterocycles. The van der Waals surface area contributed by atoms with Crippen LogP contribution in [-0.4, -0.2) is 36.4 Å². The molecule has 1 fully saturated rings. The van der Waals surface area contributed by atoms with Crippen LogP contribution in [0.25, 0.3) is 0 Å². The van der Waals surface area contributed by atoms with Gasteiger partial charge in [-0.2, -0.15) is 0 Å². The highest BCUT2D eigenvalue weighted by molar-refractivity contribution is 5.81. The van der Waals surface area contributed by atoms with Crippen molar-refractivity contribution in [1.82, 2.24) is 10.6 Å². The molecule has 1 unspecified atom stereocenters. The number of hydrogen-bond acceptors (Lipinski definition) is 5. The summed E-state index contributed by atoms with van der Waals surface area (Å²) in [6, 6.07) is 0. The summed E-state index contributed by atoms with van der Waals surface area (Å²) in [6.45, 7) is 8.81. The third-order valence-corrected chi connectivity index (χ3v) is 2.26. The van der Waals surface area contributed by atoms with Crippen LogP contribution in [0.5, 0.6) is 0 Å². The van der Waals surface area contributed by atoms with Crippen molar-refractivity contribution in [2.24, 2.45) is 5.73 Å². The highest BCUT2D eigenvalue weighted by Crippen LogP contribution is 2.15. The second kappa shape index (κ2) is 4.08. The van der Waals surface area contributed by atoms with Gasteiger partial charge in [0.05, 0.1) is 6.17 Å². The van der Waals surface area contributed by atoms with Crippen LogP contribution in [0.4, 0.5) is 0 Å². The minimum atomic E-state index is -1.04. The van der Waals surface area contributed by atoms with E-state index in [1.807, 2.05) is 20.8 Å². The average Bonchev–Trinajstić information content (AvgIpc) is 2.52. The van der Waals surface area contributed by atoms with E-state index in [-0.39, 0.29) is 12.1 Å². The molecular formula is C10H21N3O2. The second-order valence-corrected chi connectivity index (χ2v) is 5.13. The van der Waals surface area contributed by atoms with Crippen LogP contribution in [0.15, 0.2) is 0 Å². The van der Waals surface area contributed by atoms with Gasteiger partial charge in [-0.1, -0.05) is 0 Å². The van der Waals surface area contributed by atoms with Gasteiger partial charge in [0.25, 0.3) is 0 Å². The van der Waals surface area contributed by atoms with Gasteiger partial charge in [0, 0.05) is 13.1 Å². The number of hydrogen-bond donors (Lipinski definition) is 3. The van der Waals surface area contributed by atoms with Crippen molar-refractivity contribution in [2.75, 3.05) is 13.1 Å². The van der Waals surface area contributed by atoms with Crippen molar-refractivity contribution in [3.8, 4) is 0 Å². The van der Waals surface area contributed by atoms with Gasteiger partial charge >= 0.3 is 5.97 Å². The Morgan fingerprint density at radius 3 is 2.13 bits per heavy atom. The molecule has 0 aromatic heterocycles. The Bertz CT molecular complexity index is 240. The van der Waals surface area contributed by atoms with Gasteiger partial charge in [-0.05, 0) is 27.7 Å². The molecule has 1 rings (SSSR count). The van der Waals surface area contributed by atoms with Gasteiger partial charge in [-0.15, -0.1) is 0 Å². The van der Waals surface area contributed by atoms with Crippen molar-refractivity contribution in [2.45, 2.75) is 45.0 Å².